The summed E-state index contributed by atoms with van der Waals surface area (Å²) >= 11 is 0. The fourth-order valence-corrected chi connectivity index (χ4v) is 9.89. The molecule has 5 heteroatoms. The molecule has 8 atom stereocenters. The summed E-state index contributed by atoms with van der Waals surface area (Å²) in [5.41, 5.74) is 0.0378. The molecule has 1 saturated heterocycles. The molecule has 5 nitrogen and oxygen atoms in total. The Morgan fingerprint density at radius 2 is 1.74 bits per heavy atom. The smallest absolute Gasteiger partial charge is 0.150 e. The van der Waals surface area contributed by atoms with Crippen molar-refractivity contribution in [3.63, 3.8) is 0 Å². The van der Waals surface area contributed by atoms with Gasteiger partial charge in [-0.2, -0.15) is 0 Å². The lowest BCUT2D eigenvalue weighted by Gasteiger charge is -2.63. The third-order valence-electron chi connectivity index (χ3n) is 11.8. The topological polar surface area (TPSA) is 53.0 Å². The largest absolute Gasteiger partial charge is 0.390 e. The molecule has 0 unspecified atom stereocenters. The highest BCUT2D eigenvalue weighted by Crippen LogP contribution is 2.69. The van der Waals surface area contributed by atoms with Crippen molar-refractivity contribution in [2.75, 3.05) is 53.5 Å². The summed E-state index contributed by atoms with van der Waals surface area (Å²) in [4.78, 5) is 18.4. The van der Waals surface area contributed by atoms with Crippen molar-refractivity contribution < 1.29 is 14.6 Å². The zero-order chi connectivity index (χ0) is 24.1. The van der Waals surface area contributed by atoms with Gasteiger partial charge in [0.1, 0.15) is 5.78 Å². The second kappa shape index (κ2) is 9.43. The third-order valence-corrected chi connectivity index (χ3v) is 11.8. The minimum Gasteiger partial charge on any atom is -0.390 e. The number of Topliss-reactive ketones (excluding diaryl/α,β-unsaturated/α-hetero) is 1. The minimum absolute atomic E-state index is 0.195. The van der Waals surface area contributed by atoms with Gasteiger partial charge in [0.15, 0.2) is 0 Å². The van der Waals surface area contributed by atoms with E-state index in [-0.39, 0.29) is 11.3 Å². The van der Waals surface area contributed by atoms with Crippen molar-refractivity contribution in [2.24, 2.45) is 40.4 Å². The summed E-state index contributed by atoms with van der Waals surface area (Å²) < 4.78 is 5.64. The van der Waals surface area contributed by atoms with Crippen LogP contribution >= 0.6 is 0 Å². The van der Waals surface area contributed by atoms with Gasteiger partial charge < -0.3 is 14.7 Å². The molecule has 1 heterocycles. The van der Waals surface area contributed by atoms with Crippen molar-refractivity contribution in [1.82, 2.24) is 9.80 Å². The Kier molecular flexibility index (Phi) is 6.98. The number of likely N-dealkylation sites (N-methyl/N-ethyl adjacent to an activating group) is 1. The molecule has 0 aromatic heterocycles. The molecule has 1 N–H and O–H groups in total. The second-order valence-corrected chi connectivity index (χ2v) is 13.5. The molecule has 34 heavy (non-hydrogen) atoms. The number of methoxy groups -OCH3 is 1. The molecule has 0 spiro atoms. The van der Waals surface area contributed by atoms with Crippen LogP contribution in [0, 0.1) is 40.4 Å². The summed E-state index contributed by atoms with van der Waals surface area (Å²) in [6.45, 7) is 10.3. The van der Waals surface area contributed by atoms with Gasteiger partial charge in [-0.1, -0.05) is 6.92 Å². The average molecular weight is 475 g/mol. The number of carbonyl (C=O) groups excluding carboxylic acids is 1. The normalized spacial score (nSPS) is 47.6. The maximum absolute atomic E-state index is 13.6. The monoisotopic (exact) mass is 474 g/mol. The van der Waals surface area contributed by atoms with Gasteiger partial charge in [0.2, 0.25) is 0 Å². The van der Waals surface area contributed by atoms with Crippen LogP contribution in [-0.2, 0) is 9.53 Å². The van der Waals surface area contributed by atoms with Crippen LogP contribution in [0.25, 0.3) is 0 Å². The van der Waals surface area contributed by atoms with Crippen LogP contribution < -0.4 is 0 Å². The fourth-order valence-electron chi connectivity index (χ4n) is 9.89. The SMILES string of the molecule is COCC[C@]12CC[C@@](C)(O)C[C@@H]1CC[C@H]1[C@@H]3CC[C@H](C(=O)CN4CCN(C)CC4)[C@@]3(C)CC[C@@H]12. The van der Waals surface area contributed by atoms with Crippen LogP contribution in [0.5, 0.6) is 0 Å². The number of carbonyl (C=O) groups is 1. The fraction of sp³-hybridized carbons (Fsp3) is 0.966. The maximum Gasteiger partial charge on any atom is 0.150 e. The first-order valence-corrected chi connectivity index (χ1v) is 14.3. The molecular weight excluding hydrogens is 424 g/mol. The van der Waals surface area contributed by atoms with E-state index in [9.17, 15) is 9.90 Å². The predicted molar refractivity (Wildman–Crippen MR) is 136 cm³/mol. The van der Waals surface area contributed by atoms with Crippen molar-refractivity contribution in [3.05, 3.63) is 0 Å². The highest BCUT2D eigenvalue weighted by Gasteiger charge is 2.62. The molecule has 5 aliphatic rings. The lowest BCUT2D eigenvalue weighted by Crippen LogP contribution is -2.57. The molecule has 4 saturated carbocycles. The second-order valence-electron chi connectivity index (χ2n) is 13.5. The van der Waals surface area contributed by atoms with E-state index in [4.69, 9.17) is 4.74 Å². The molecule has 0 radical (unpaired) electrons. The molecule has 194 valence electrons. The van der Waals surface area contributed by atoms with Gasteiger partial charge in [-0.25, -0.2) is 0 Å². The lowest BCUT2D eigenvalue weighted by molar-refractivity contribution is -0.163. The summed E-state index contributed by atoms with van der Waals surface area (Å²) in [6, 6.07) is 0. The van der Waals surface area contributed by atoms with Gasteiger partial charge in [0, 0.05) is 45.8 Å². The number of aliphatic hydroxyl groups is 1. The van der Waals surface area contributed by atoms with Crippen LogP contribution in [0.15, 0.2) is 0 Å². The summed E-state index contributed by atoms with van der Waals surface area (Å²) in [6.07, 6.45) is 11.6. The van der Waals surface area contributed by atoms with E-state index in [2.05, 4.69) is 30.7 Å². The Morgan fingerprint density at radius 1 is 0.971 bits per heavy atom. The van der Waals surface area contributed by atoms with E-state index in [0.717, 1.165) is 76.7 Å². The summed E-state index contributed by atoms with van der Waals surface area (Å²) in [5, 5.41) is 10.9. The van der Waals surface area contributed by atoms with Crippen molar-refractivity contribution in [1.29, 1.82) is 0 Å². The third kappa shape index (κ3) is 4.31. The first-order valence-electron chi connectivity index (χ1n) is 14.3. The number of hydrogen-bond acceptors (Lipinski definition) is 5. The van der Waals surface area contributed by atoms with E-state index in [0.29, 0.717) is 29.6 Å². The van der Waals surface area contributed by atoms with Gasteiger partial charge in [-0.05, 0) is 113 Å². The molecule has 0 amide bonds. The zero-order valence-electron chi connectivity index (χ0n) is 22.4. The molecule has 0 bridgehead atoms. The molecule has 5 fully saturated rings. The average Bonchev–Trinajstić information content (AvgIpc) is 3.16. The number of ether oxygens (including phenoxy) is 1. The van der Waals surface area contributed by atoms with Gasteiger partial charge in [0.25, 0.3) is 0 Å². The first-order chi connectivity index (χ1) is 16.2. The summed E-state index contributed by atoms with van der Waals surface area (Å²) in [7, 11) is 4.03. The number of nitrogens with zero attached hydrogens (tertiary/aromatic N) is 2. The van der Waals surface area contributed by atoms with Crippen molar-refractivity contribution in [2.45, 2.75) is 83.7 Å². The van der Waals surface area contributed by atoms with Gasteiger partial charge in [-0.15, -0.1) is 0 Å². The molecule has 0 aromatic carbocycles. The molecule has 0 aromatic rings. The van der Waals surface area contributed by atoms with E-state index < -0.39 is 5.60 Å². The Labute approximate surface area is 208 Å². The van der Waals surface area contributed by atoms with E-state index in [1.165, 1.54) is 32.1 Å². The van der Waals surface area contributed by atoms with Crippen LogP contribution in [0.4, 0.5) is 0 Å². The number of rotatable bonds is 6. The van der Waals surface area contributed by atoms with E-state index >= 15 is 0 Å². The summed E-state index contributed by atoms with van der Waals surface area (Å²) in [5.74, 6) is 3.64. The highest BCUT2D eigenvalue weighted by molar-refractivity contribution is 5.84. The first kappa shape index (κ1) is 25.2. The highest BCUT2D eigenvalue weighted by atomic mass is 16.5. The van der Waals surface area contributed by atoms with Crippen molar-refractivity contribution >= 4 is 5.78 Å². The maximum atomic E-state index is 13.6. The van der Waals surface area contributed by atoms with E-state index in [1.807, 2.05) is 7.11 Å². The molecule has 5 rings (SSSR count). The Bertz CT molecular complexity index is 748. The van der Waals surface area contributed by atoms with Crippen LogP contribution in [0.2, 0.25) is 0 Å². The standard InChI is InChI=1S/C29H50N2O3/c1-27(33)11-12-29(13-18-34-4)21(19-27)5-6-22-23-7-8-25(28(23,2)10-9-24(22)29)26(32)20-31-16-14-30(3)15-17-31/h21-25,33H,5-20H2,1-4H3/t21-,22-,23-,24-,25+,27+,28-,29+/m0/s1. The number of piperazine rings is 1. The Morgan fingerprint density at radius 3 is 2.47 bits per heavy atom. The number of hydrogen-bond donors (Lipinski definition) is 1. The lowest BCUT2D eigenvalue weighted by atomic mass is 9.42. The molecule has 4 aliphatic carbocycles. The van der Waals surface area contributed by atoms with Crippen LogP contribution in [-0.4, -0.2) is 79.8 Å². The zero-order valence-corrected chi connectivity index (χ0v) is 22.4. The van der Waals surface area contributed by atoms with Gasteiger partial charge in [-0.3, -0.25) is 9.69 Å². The number of ketones is 1. The van der Waals surface area contributed by atoms with Crippen LogP contribution in [0.1, 0.15) is 78.1 Å². The Balaban J connectivity index is 1.32. The minimum atomic E-state index is -0.495. The number of fused-ring (bicyclic) bond motifs is 5. The molecular formula is C29H50N2O3. The van der Waals surface area contributed by atoms with Gasteiger partial charge in [0.05, 0.1) is 12.1 Å². The Hall–Kier alpha value is -0.490. The molecule has 1 aliphatic heterocycles. The van der Waals surface area contributed by atoms with E-state index in [1.54, 1.807) is 0 Å². The quantitative estimate of drug-likeness (QED) is 0.624. The predicted octanol–water partition coefficient (Wildman–Crippen LogP) is 4.23. The van der Waals surface area contributed by atoms with Crippen molar-refractivity contribution in [3.8, 4) is 0 Å². The van der Waals surface area contributed by atoms with Crippen LogP contribution in [0.3, 0.4) is 0 Å². The van der Waals surface area contributed by atoms with Gasteiger partial charge >= 0.3 is 0 Å².